The maximum atomic E-state index is 14.6. The Bertz CT molecular complexity index is 1480. The molecule has 3 aromatic rings. The number of halogens is 4. The molecule has 0 unspecified atom stereocenters. The highest BCUT2D eigenvalue weighted by atomic mass is 35.5. The summed E-state index contributed by atoms with van der Waals surface area (Å²) in [4.78, 5) is 24.0. The maximum Gasteiger partial charge on any atom is 0.290 e. The van der Waals surface area contributed by atoms with Gasteiger partial charge in [-0.2, -0.15) is 0 Å². The molecule has 0 saturated heterocycles. The molecular formula is C32H32Cl2F2N2O6. The summed E-state index contributed by atoms with van der Waals surface area (Å²) in [6.07, 6.45) is 2.51. The molecule has 1 saturated carbocycles. The molecule has 1 aliphatic carbocycles. The molecule has 1 aliphatic heterocycles. The van der Waals surface area contributed by atoms with Gasteiger partial charge in [-0.3, -0.25) is 9.59 Å². The van der Waals surface area contributed by atoms with Gasteiger partial charge in [0, 0.05) is 30.3 Å². The van der Waals surface area contributed by atoms with Crippen molar-refractivity contribution in [1.82, 2.24) is 10.2 Å². The monoisotopic (exact) mass is 648 g/mol. The first-order chi connectivity index (χ1) is 21.2. The minimum absolute atomic E-state index is 0.0764. The Balaban J connectivity index is 0.00000141. The van der Waals surface area contributed by atoms with E-state index in [4.69, 9.17) is 47.3 Å². The molecule has 3 aromatic carbocycles. The number of rotatable bonds is 11. The molecule has 12 heteroatoms. The predicted molar refractivity (Wildman–Crippen MR) is 163 cm³/mol. The van der Waals surface area contributed by atoms with Gasteiger partial charge in [-0.05, 0) is 79.4 Å². The van der Waals surface area contributed by atoms with E-state index in [0.717, 1.165) is 42.7 Å². The summed E-state index contributed by atoms with van der Waals surface area (Å²) in [6, 6.07) is 14.5. The summed E-state index contributed by atoms with van der Waals surface area (Å²) in [5.41, 5.74) is 3.04. The molecule has 8 nitrogen and oxygen atoms in total. The van der Waals surface area contributed by atoms with Crippen molar-refractivity contribution >= 4 is 41.2 Å². The van der Waals surface area contributed by atoms with E-state index in [9.17, 15) is 13.6 Å². The average Bonchev–Trinajstić information content (AvgIpc) is 3.86. The lowest BCUT2D eigenvalue weighted by Gasteiger charge is -2.28. The number of carbonyl (C=O) groups excluding carboxylic acids is 1. The Hall–Kier alpha value is -3.86. The van der Waals surface area contributed by atoms with E-state index < -0.39 is 5.82 Å². The Morgan fingerprint density at radius 3 is 2.30 bits per heavy atom. The van der Waals surface area contributed by atoms with Crippen LogP contribution >= 0.6 is 23.2 Å². The van der Waals surface area contributed by atoms with Crippen LogP contribution in [0.5, 0.6) is 17.2 Å². The van der Waals surface area contributed by atoms with Gasteiger partial charge in [0.25, 0.3) is 12.4 Å². The van der Waals surface area contributed by atoms with E-state index >= 15 is 0 Å². The van der Waals surface area contributed by atoms with Crippen molar-refractivity contribution in [3.63, 3.8) is 0 Å². The first-order valence-corrected chi connectivity index (χ1v) is 14.7. The number of nitrogens with zero attached hydrogens (tertiary/aromatic N) is 1. The molecule has 1 heterocycles. The number of amides is 1. The van der Waals surface area contributed by atoms with Crippen LogP contribution in [0.15, 0.2) is 60.2 Å². The normalized spacial score (nSPS) is 14.3. The van der Waals surface area contributed by atoms with Crippen LogP contribution in [-0.4, -0.2) is 61.8 Å². The molecule has 1 amide bonds. The summed E-state index contributed by atoms with van der Waals surface area (Å²) in [5.74, 6) is 0.420. The number of benzene rings is 3. The summed E-state index contributed by atoms with van der Waals surface area (Å²) in [5, 5.41) is 10.4. The van der Waals surface area contributed by atoms with Crippen LogP contribution < -0.4 is 19.5 Å². The SMILES string of the molecule is COc1ccc(F)c(CN(C(=O)C2=C(c3ccc(OCCOc4c(Cl)cc(F)cc4Cl)cc3)CCNC2)C2CC2)c1.O=CO. The zero-order valence-electron chi connectivity index (χ0n) is 24.0. The molecule has 5 rings (SSSR count). The molecule has 2 N–H and O–H groups in total. The zero-order valence-corrected chi connectivity index (χ0v) is 25.5. The number of nitrogens with one attached hydrogen (secondary N) is 1. The number of hydrogen-bond donors (Lipinski definition) is 2. The molecule has 0 aromatic heterocycles. The number of carbonyl (C=O) groups is 2. The third-order valence-corrected chi connectivity index (χ3v) is 7.64. The third-order valence-electron chi connectivity index (χ3n) is 7.08. The molecule has 0 radical (unpaired) electrons. The van der Waals surface area contributed by atoms with Crippen LogP contribution in [0.25, 0.3) is 5.57 Å². The smallest absolute Gasteiger partial charge is 0.290 e. The van der Waals surface area contributed by atoms with Gasteiger partial charge in [-0.1, -0.05) is 35.3 Å². The number of carboxylic acid groups (broad SMARTS) is 1. The predicted octanol–water partition coefficient (Wildman–Crippen LogP) is 6.38. The second-order valence-electron chi connectivity index (χ2n) is 10.0. The first-order valence-electron chi connectivity index (χ1n) is 13.9. The Kier molecular flexibility index (Phi) is 11.8. The minimum atomic E-state index is -0.539. The van der Waals surface area contributed by atoms with Crippen molar-refractivity contribution in [2.24, 2.45) is 0 Å². The van der Waals surface area contributed by atoms with Crippen LogP contribution in [0.3, 0.4) is 0 Å². The highest BCUT2D eigenvalue weighted by molar-refractivity contribution is 6.37. The van der Waals surface area contributed by atoms with E-state index in [1.54, 1.807) is 17.0 Å². The lowest BCUT2D eigenvalue weighted by molar-refractivity contribution is -0.128. The third kappa shape index (κ3) is 8.62. The second kappa shape index (κ2) is 15.7. The van der Waals surface area contributed by atoms with Crippen molar-refractivity contribution in [1.29, 1.82) is 0 Å². The van der Waals surface area contributed by atoms with Gasteiger partial charge in [0.2, 0.25) is 0 Å². The van der Waals surface area contributed by atoms with E-state index in [1.165, 1.54) is 13.2 Å². The fourth-order valence-corrected chi connectivity index (χ4v) is 5.41. The van der Waals surface area contributed by atoms with Crippen molar-refractivity contribution in [3.05, 3.63) is 93.0 Å². The zero-order chi connectivity index (χ0) is 31.6. The van der Waals surface area contributed by atoms with Crippen LogP contribution in [0, 0.1) is 11.6 Å². The van der Waals surface area contributed by atoms with Crippen LogP contribution in [0.4, 0.5) is 8.78 Å². The average molecular weight is 650 g/mol. The van der Waals surface area contributed by atoms with Gasteiger partial charge in [0.05, 0.1) is 17.2 Å². The highest BCUT2D eigenvalue weighted by Gasteiger charge is 2.36. The topological polar surface area (TPSA) is 97.3 Å². The van der Waals surface area contributed by atoms with Crippen molar-refractivity contribution in [3.8, 4) is 17.2 Å². The van der Waals surface area contributed by atoms with Gasteiger partial charge >= 0.3 is 0 Å². The van der Waals surface area contributed by atoms with Crippen LogP contribution in [0.1, 0.15) is 30.4 Å². The van der Waals surface area contributed by atoms with E-state index in [0.29, 0.717) is 35.6 Å². The molecule has 44 heavy (non-hydrogen) atoms. The van der Waals surface area contributed by atoms with Crippen LogP contribution in [0.2, 0.25) is 10.0 Å². The summed E-state index contributed by atoms with van der Waals surface area (Å²) in [7, 11) is 1.54. The summed E-state index contributed by atoms with van der Waals surface area (Å²) >= 11 is 12.0. The minimum Gasteiger partial charge on any atom is -0.497 e. The lowest BCUT2D eigenvalue weighted by Crippen LogP contribution is -2.39. The van der Waals surface area contributed by atoms with Crippen molar-refractivity contribution < 1.29 is 37.7 Å². The molecular weight excluding hydrogens is 617 g/mol. The van der Waals surface area contributed by atoms with Gasteiger partial charge in [0.1, 0.15) is 36.3 Å². The maximum absolute atomic E-state index is 14.6. The largest absolute Gasteiger partial charge is 0.497 e. The molecule has 2 aliphatic rings. The molecule has 234 valence electrons. The molecule has 0 atom stereocenters. The molecule has 0 bridgehead atoms. The van der Waals surface area contributed by atoms with Crippen molar-refractivity contribution in [2.45, 2.75) is 31.8 Å². The van der Waals surface area contributed by atoms with Gasteiger partial charge in [-0.25, -0.2) is 8.78 Å². The lowest BCUT2D eigenvalue weighted by atomic mass is 9.93. The first kappa shape index (κ1) is 33.0. The fourth-order valence-electron chi connectivity index (χ4n) is 4.84. The summed E-state index contributed by atoms with van der Waals surface area (Å²) in [6.45, 7) is 1.52. The second-order valence-corrected chi connectivity index (χ2v) is 10.8. The molecule has 0 spiro atoms. The standard InChI is InChI=1S/C31H30Cl2F2N2O4.CH2O2/c1-39-24-8-9-29(35)20(14-24)18-37(22-4-5-22)31(38)26-17-36-11-10-25(26)19-2-6-23(7-3-19)40-12-13-41-30-27(32)15-21(34)16-28(30)33;2-1-3/h2-3,6-9,14-16,22,36H,4-5,10-13,17-18H2,1H3;1H,(H,2,3). The van der Waals surface area contributed by atoms with E-state index in [1.807, 2.05) is 24.3 Å². The Morgan fingerprint density at radius 2 is 1.66 bits per heavy atom. The highest BCUT2D eigenvalue weighted by Crippen LogP contribution is 2.35. The fraction of sp³-hybridized carbons (Fsp3) is 0.312. The number of hydrogen-bond acceptors (Lipinski definition) is 6. The Labute approximate surface area is 264 Å². The van der Waals surface area contributed by atoms with Crippen molar-refractivity contribution in [2.75, 3.05) is 33.4 Å². The van der Waals surface area contributed by atoms with E-state index in [2.05, 4.69) is 5.32 Å². The van der Waals surface area contributed by atoms with Crippen LogP contribution in [-0.2, 0) is 16.1 Å². The molecule has 1 fully saturated rings. The number of ether oxygens (including phenoxy) is 3. The van der Waals surface area contributed by atoms with Gasteiger partial charge in [0.15, 0.2) is 5.75 Å². The Morgan fingerprint density at radius 1 is 1.02 bits per heavy atom. The van der Waals surface area contributed by atoms with Gasteiger partial charge < -0.3 is 29.5 Å². The number of methoxy groups -OCH3 is 1. The summed E-state index contributed by atoms with van der Waals surface area (Å²) < 4.78 is 44.6. The quantitative estimate of drug-likeness (QED) is 0.184. The van der Waals surface area contributed by atoms with Gasteiger partial charge in [-0.15, -0.1) is 0 Å². The van der Waals surface area contributed by atoms with E-state index in [-0.39, 0.29) is 59.8 Å².